The molecule has 1 fully saturated rings. The zero-order valence-corrected chi connectivity index (χ0v) is 17.1. The Bertz CT molecular complexity index is 1190. The van der Waals surface area contributed by atoms with E-state index >= 15 is 0 Å². The topological polar surface area (TPSA) is 49.6 Å². The summed E-state index contributed by atoms with van der Waals surface area (Å²) < 4.78 is 15.1. The average molecular weight is 402 g/mol. The molecule has 0 unspecified atom stereocenters. The van der Waals surface area contributed by atoms with E-state index in [1.165, 1.54) is 17.7 Å². The number of anilines is 2. The molecule has 2 aromatic carbocycles. The molecule has 0 aliphatic carbocycles. The van der Waals surface area contributed by atoms with Crippen LogP contribution in [-0.2, 0) is 0 Å². The summed E-state index contributed by atoms with van der Waals surface area (Å²) in [7, 11) is 0. The third kappa shape index (κ3) is 3.47. The second-order valence-electron chi connectivity index (χ2n) is 7.72. The smallest absolute Gasteiger partial charge is 0.254 e. The third-order valence-electron chi connectivity index (χ3n) is 5.49. The van der Waals surface area contributed by atoms with Gasteiger partial charge in [-0.05, 0) is 44.2 Å². The van der Waals surface area contributed by atoms with Crippen LogP contribution in [0.4, 0.5) is 15.9 Å². The van der Waals surface area contributed by atoms with Crippen LogP contribution in [0.15, 0.2) is 54.6 Å². The molecule has 2 aromatic heterocycles. The molecule has 0 radical (unpaired) electrons. The molecule has 30 heavy (non-hydrogen) atoms. The van der Waals surface area contributed by atoms with Gasteiger partial charge in [-0.3, -0.25) is 0 Å². The Hall–Kier alpha value is -3.48. The molecule has 7 heteroatoms. The standard InChI is InChI=1S/C23H23FN6/c1-16-4-3-5-18(14-16)22-26-23-25-17(2)15-21(30(23)27-22)29-12-10-28(11-13-29)20-8-6-19(24)7-9-20/h3-9,14-15H,10-13H2,1-2H3. The summed E-state index contributed by atoms with van der Waals surface area (Å²) in [5.74, 6) is 2.09. The van der Waals surface area contributed by atoms with Gasteiger partial charge < -0.3 is 9.80 Å². The van der Waals surface area contributed by atoms with Crippen LogP contribution in [0.3, 0.4) is 0 Å². The fourth-order valence-electron chi connectivity index (χ4n) is 3.95. The van der Waals surface area contributed by atoms with Crippen LogP contribution >= 0.6 is 0 Å². The highest BCUT2D eigenvalue weighted by Gasteiger charge is 2.21. The van der Waals surface area contributed by atoms with Crippen molar-refractivity contribution in [2.24, 2.45) is 0 Å². The van der Waals surface area contributed by atoms with Crippen molar-refractivity contribution in [2.45, 2.75) is 13.8 Å². The Morgan fingerprint density at radius 2 is 1.57 bits per heavy atom. The lowest BCUT2D eigenvalue weighted by atomic mass is 10.1. The summed E-state index contributed by atoms with van der Waals surface area (Å²) >= 11 is 0. The summed E-state index contributed by atoms with van der Waals surface area (Å²) in [6.07, 6.45) is 0. The highest BCUT2D eigenvalue weighted by Crippen LogP contribution is 2.24. The first-order valence-electron chi connectivity index (χ1n) is 10.1. The molecule has 0 bridgehead atoms. The minimum atomic E-state index is -0.206. The summed E-state index contributed by atoms with van der Waals surface area (Å²) in [6.45, 7) is 7.44. The van der Waals surface area contributed by atoms with Gasteiger partial charge in [0.25, 0.3) is 5.78 Å². The second kappa shape index (κ2) is 7.40. The number of nitrogens with zero attached hydrogens (tertiary/aromatic N) is 6. The molecular formula is C23H23FN6. The van der Waals surface area contributed by atoms with E-state index in [0.29, 0.717) is 11.6 Å². The van der Waals surface area contributed by atoms with Gasteiger partial charge in [-0.25, -0.2) is 9.37 Å². The molecule has 0 amide bonds. The largest absolute Gasteiger partial charge is 0.368 e. The van der Waals surface area contributed by atoms with Crippen molar-refractivity contribution in [3.8, 4) is 11.4 Å². The van der Waals surface area contributed by atoms with Crippen molar-refractivity contribution in [1.29, 1.82) is 0 Å². The molecule has 152 valence electrons. The van der Waals surface area contributed by atoms with Crippen LogP contribution in [0, 0.1) is 19.7 Å². The maximum Gasteiger partial charge on any atom is 0.254 e. The Morgan fingerprint density at radius 3 is 2.30 bits per heavy atom. The van der Waals surface area contributed by atoms with E-state index in [1.54, 1.807) is 0 Å². The van der Waals surface area contributed by atoms with Crippen molar-refractivity contribution >= 4 is 17.3 Å². The van der Waals surface area contributed by atoms with E-state index in [4.69, 9.17) is 5.10 Å². The number of aromatic nitrogens is 4. The van der Waals surface area contributed by atoms with Gasteiger partial charge in [0, 0.05) is 49.2 Å². The Balaban J connectivity index is 1.43. The minimum Gasteiger partial charge on any atom is -0.368 e. The highest BCUT2D eigenvalue weighted by atomic mass is 19.1. The number of aryl methyl sites for hydroxylation is 2. The molecule has 1 aliphatic heterocycles. The quantitative estimate of drug-likeness (QED) is 0.521. The van der Waals surface area contributed by atoms with E-state index in [0.717, 1.165) is 48.9 Å². The number of piperazine rings is 1. The molecule has 1 saturated heterocycles. The predicted octanol–water partition coefficient (Wildman–Crippen LogP) is 3.87. The van der Waals surface area contributed by atoms with Gasteiger partial charge in [-0.1, -0.05) is 23.8 Å². The summed E-state index contributed by atoms with van der Waals surface area (Å²) in [5, 5.41) is 4.77. The van der Waals surface area contributed by atoms with E-state index in [9.17, 15) is 4.39 Å². The van der Waals surface area contributed by atoms with Crippen molar-refractivity contribution in [3.63, 3.8) is 0 Å². The molecule has 0 spiro atoms. The van der Waals surface area contributed by atoms with Crippen molar-refractivity contribution in [2.75, 3.05) is 36.0 Å². The fraction of sp³-hybridized carbons (Fsp3) is 0.261. The number of fused-ring (bicyclic) bond motifs is 1. The van der Waals surface area contributed by atoms with Crippen LogP contribution in [0.2, 0.25) is 0 Å². The number of benzene rings is 2. The lowest BCUT2D eigenvalue weighted by molar-refractivity contribution is 0.622. The summed E-state index contributed by atoms with van der Waals surface area (Å²) in [5.41, 5.74) is 4.13. The van der Waals surface area contributed by atoms with Crippen LogP contribution in [-0.4, -0.2) is 45.8 Å². The molecule has 0 saturated carbocycles. The summed E-state index contributed by atoms with van der Waals surface area (Å²) in [4.78, 5) is 13.9. The van der Waals surface area contributed by atoms with E-state index in [1.807, 2.05) is 35.7 Å². The number of hydrogen-bond donors (Lipinski definition) is 0. The first kappa shape index (κ1) is 18.5. The average Bonchev–Trinajstić information content (AvgIpc) is 3.18. The number of hydrogen-bond acceptors (Lipinski definition) is 5. The molecule has 5 rings (SSSR count). The molecule has 1 aliphatic rings. The molecular weight excluding hydrogens is 379 g/mol. The Morgan fingerprint density at radius 1 is 0.833 bits per heavy atom. The van der Waals surface area contributed by atoms with Gasteiger partial charge in [0.05, 0.1) is 0 Å². The van der Waals surface area contributed by atoms with Crippen molar-refractivity contribution < 1.29 is 4.39 Å². The van der Waals surface area contributed by atoms with Gasteiger partial charge in [0.15, 0.2) is 5.82 Å². The van der Waals surface area contributed by atoms with Gasteiger partial charge in [0.2, 0.25) is 0 Å². The Labute approximate surface area is 174 Å². The van der Waals surface area contributed by atoms with Gasteiger partial charge >= 0.3 is 0 Å². The second-order valence-corrected chi connectivity index (χ2v) is 7.72. The molecule has 6 nitrogen and oxygen atoms in total. The molecule has 4 aromatic rings. The third-order valence-corrected chi connectivity index (χ3v) is 5.49. The zero-order chi connectivity index (χ0) is 20.7. The highest BCUT2D eigenvalue weighted by molar-refractivity contribution is 5.60. The van der Waals surface area contributed by atoms with E-state index in [2.05, 4.69) is 44.9 Å². The maximum atomic E-state index is 13.2. The van der Waals surface area contributed by atoms with Crippen molar-refractivity contribution in [3.05, 3.63) is 71.7 Å². The van der Waals surface area contributed by atoms with Crippen LogP contribution in [0.1, 0.15) is 11.3 Å². The summed E-state index contributed by atoms with van der Waals surface area (Å²) in [6, 6.07) is 17.0. The molecule has 3 heterocycles. The lowest BCUT2D eigenvalue weighted by Crippen LogP contribution is -2.47. The number of rotatable bonds is 3. The molecule has 0 N–H and O–H groups in total. The predicted molar refractivity (Wildman–Crippen MR) is 117 cm³/mol. The van der Waals surface area contributed by atoms with Crippen LogP contribution in [0.5, 0.6) is 0 Å². The lowest BCUT2D eigenvalue weighted by Gasteiger charge is -2.37. The van der Waals surface area contributed by atoms with Gasteiger partial charge in [-0.2, -0.15) is 9.50 Å². The number of halogens is 1. The Kier molecular flexibility index (Phi) is 4.58. The van der Waals surface area contributed by atoms with Crippen LogP contribution in [0.25, 0.3) is 17.2 Å². The van der Waals surface area contributed by atoms with Gasteiger partial charge in [0.1, 0.15) is 11.6 Å². The minimum absolute atomic E-state index is 0.206. The normalized spacial score (nSPS) is 14.5. The van der Waals surface area contributed by atoms with Crippen molar-refractivity contribution in [1.82, 2.24) is 19.6 Å². The SMILES string of the molecule is Cc1cccc(-c2nc3nc(C)cc(N4CCN(c5ccc(F)cc5)CC4)n3n2)c1. The monoisotopic (exact) mass is 402 g/mol. The van der Waals surface area contributed by atoms with Crippen LogP contribution < -0.4 is 9.80 Å². The van der Waals surface area contributed by atoms with E-state index in [-0.39, 0.29) is 5.82 Å². The van der Waals surface area contributed by atoms with E-state index < -0.39 is 0 Å². The first-order chi connectivity index (χ1) is 14.6. The van der Waals surface area contributed by atoms with Gasteiger partial charge in [-0.15, -0.1) is 5.10 Å². The fourth-order valence-corrected chi connectivity index (χ4v) is 3.95. The first-order valence-corrected chi connectivity index (χ1v) is 10.1. The zero-order valence-electron chi connectivity index (χ0n) is 17.1. The maximum absolute atomic E-state index is 13.2. The molecule has 0 atom stereocenters.